The molecule has 1 aliphatic rings. The topological polar surface area (TPSA) is 64.7 Å². The number of hydrogen-bond donors (Lipinski definition) is 2. The summed E-state index contributed by atoms with van der Waals surface area (Å²) in [5.41, 5.74) is 0.631. The van der Waals surface area contributed by atoms with E-state index in [0.29, 0.717) is 29.7 Å². The normalized spacial score (nSPS) is 17.1. The molecule has 0 radical (unpaired) electrons. The number of nitrogens with zero attached hydrogens (tertiary/aromatic N) is 2. The predicted octanol–water partition coefficient (Wildman–Crippen LogP) is 2.06. The van der Waals surface area contributed by atoms with Crippen LogP contribution in [0.15, 0.2) is 24.3 Å². The number of benzene rings is 1. The van der Waals surface area contributed by atoms with Gasteiger partial charge in [0.25, 0.3) is 0 Å². The summed E-state index contributed by atoms with van der Waals surface area (Å²) >= 11 is 6.10. The first-order valence-corrected chi connectivity index (χ1v) is 9.53. The molecule has 2 amide bonds. The SMILES string of the molecule is CC(C)CNC(=O)CN1CCN(C(C)C(=O)Nc2ccccc2Cl)CC1. The molecule has 0 aromatic heterocycles. The van der Waals surface area contributed by atoms with Crippen LogP contribution in [0.5, 0.6) is 0 Å². The standard InChI is InChI=1S/C19H29ClN4O2/c1-14(2)12-21-18(25)13-23-8-10-24(11-9-23)15(3)19(26)22-17-7-5-4-6-16(17)20/h4-7,14-15H,8-13H2,1-3H3,(H,21,25)(H,22,26). The van der Waals surface area contributed by atoms with E-state index >= 15 is 0 Å². The monoisotopic (exact) mass is 380 g/mol. The van der Waals surface area contributed by atoms with Crippen LogP contribution in [0.2, 0.25) is 5.02 Å². The summed E-state index contributed by atoms with van der Waals surface area (Å²) < 4.78 is 0. The Kier molecular flexibility index (Phi) is 7.87. The lowest BCUT2D eigenvalue weighted by atomic mass is 10.2. The molecule has 1 unspecified atom stereocenters. The fourth-order valence-electron chi connectivity index (χ4n) is 2.85. The number of nitrogens with one attached hydrogen (secondary N) is 2. The third-order valence-electron chi connectivity index (χ3n) is 4.54. The zero-order valence-corrected chi connectivity index (χ0v) is 16.6. The van der Waals surface area contributed by atoms with E-state index in [9.17, 15) is 9.59 Å². The Morgan fingerprint density at radius 2 is 1.77 bits per heavy atom. The lowest BCUT2D eigenvalue weighted by Gasteiger charge is -2.37. The van der Waals surface area contributed by atoms with E-state index in [-0.39, 0.29) is 17.9 Å². The van der Waals surface area contributed by atoms with Crippen molar-refractivity contribution in [3.63, 3.8) is 0 Å². The van der Waals surface area contributed by atoms with Crippen molar-refractivity contribution in [3.05, 3.63) is 29.3 Å². The van der Waals surface area contributed by atoms with Gasteiger partial charge >= 0.3 is 0 Å². The van der Waals surface area contributed by atoms with Gasteiger partial charge in [0.15, 0.2) is 0 Å². The van der Waals surface area contributed by atoms with Gasteiger partial charge < -0.3 is 10.6 Å². The van der Waals surface area contributed by atoms with Crippen LogP contribution in [0.1, 0.15) is 20.8 Å². The van der Waals surface area contributed by atoms with Gasteiger partial charge in [-0.15, -0.1) is 0 Å². The van der Waals surface area contributed by atoms with E-state index in [1.54, 1.807) is 12.1 Å². The highest BCUT2D eigenvalue weighted by atomic mass is 35.5. The van der Waals surface area contributed by atoms with Crippen LogP contribution in [0.25, 0.3) is 0 Å². The summed E-state index contributed by atoms with van der Waals surface area (Å²) in [5.74, 6) is 0.450. The van der Waals surface area contributed by atoms with Crippen LogP contribution in [0.3, 0.4) is 0 Å². The number of amides is 2. The summed E-state index contributed by atoms with van der Waals surface area (Å²) in [6.07, 6.45) is 0. The third-order valence-corrected chi connectivity index (χ3v) is 4.87. The van der Waals surface area contributed by atoms with Crippen molar-refractivity contribution in [2.45, 2.75) is 26.8 Å². The third kappa shape index (κ3) is 6.27. The van der Waals surface area contributed by atoms with Gasteiger partial charge in [-0.25, -0.2) is 0 Å². The zero-order valence-electron chi connectivity index (χ0n) is 15.8. The Morgan fingerprint density at radius 3 is 2.38 bits per heavy atom. The number of anilines is 1. The van der Waals surface area contributed by atoms with Crippen LogP contribution < -0.4 is 10.6 Å². The molecule has 1 fully saturated rings. The molecule has 2 rings (SSSR count). The van der Waals surface area contributed by atoms with Crippen molar-refractivity contribution in [2.75, 3.05) is 44.6 Å². The average Bonchev–Trinajstić information content (AvgIpc) is 2.62. The van der Waals surface area contributed by atoms with Gasteiger partial charge in [0, 0.05) is 32.7 Å². The number of halogens is 1. The van der Waals surface area contributed by atoms with E-state index in [4.69, 9.17) is 11.6 Å². The maximum absolute atomic E-state index is 12.5. The van der Waals surface area contributed by atoms with Crippen molar-refractivity contribution in [1.82, 2.24) is 15.1 Å². The summed E-state index contributed by atoms with van der Waals surface area (Å²) in [4.78, 5) is 28.7. The Bertz CT molecular complexity index is 615. The van der Waals surface area contributed by atoms with Gasteiger partial charge in [-0.1, -0.05) is 37.6 Å². The summed E-state index contributed by atoms with van der Waals surface area (Å²) in [6, 6.07) is 6.97. The van der Waals surface area contributed by atoms with Gasteiger partial charge in [0.05, 0.1) is 23.3 Å². The lowest BCUT2D eigenvalue weighted by molar-refractivity contribution is -0.124. The molecule has 1 heterocycles. The second kappa shape index (κ2) is 9.90. The van der Waals surface area contributed by atoms with Crippen LogP contribution in [0, 0.1) is 5.92 Å². The highest BCUT2D eigenvalue weighted by Gasteiger charge is 2.26. The Morgan fingerprint density at radius 1 is 1.12 bits per heavy atom. The van der Waals surface area contributed by atoms with Crippen LogP contribution in [-0.4, -0.2) is 66.9 Å². The number of carbonyl (C=O) groups is 2. The Hall–Kier alpha value is -1.63. The molecule has 1 aromatic rings. The molecule has 144 valence electrons. The molecule has 1 aromatic carbocycles. The van der Waals surface area contributed by atoms with Crippen molar-refractivity contribution >= 4 is 29.1 Å². The molecule has 26 heavy (non-hydrogen) atoms. The highest BCUT2D eigenvalue weighted by molar-refractivity contribution is 6.33. The number of hydrogen-bond acceptors (Lipinski definition) is 4. The predicted molar refractivity (Wildman–Crippen MR) is 105 cm³/mol. The van der Waals surface area contributed by atoms with E-state index in [2.05, 4.69) is 34.3 Å². The quantitative estimate of drug-likeness (QED) is 0.760. The van der Waals surface area contributed by atoms with Gasteiger partial charge in [0.2, 0.25) is 11.8 Å². The highest BCUT2D eigenvalue weighted by Crippen LogP contribution is 2.21. The largest absolute Gasteiger partial charge is 0.355 e. The summed E-state index contributed by atoms with van der Waals surface area (Å²) in [5, 5.41) is 6.36. The molecular weight excluding hydrogens is 352 g/mol. The smallest absolute Gasteiger partial charge is 0.241 e. The molecular formula is C19H29ClN4O2. The molecule has 0 bridgehead atoms. The summed E-state index contributed by atoms with van der Waals surface area (Å²) in [6.45, 7) is 10.2. The maximum atomic E-state index is 12.5. The molecule has 0 saturated carbocycles. The molecule has 1 atom stereocenters. The average molecular weight is 381 g/mol. The summed E-state index contributed by atoms with van der Waals surface area (Å²) in [7, 11) is 0. The second-order valence-corrected chi connectivity index (χ2v) is 7.56. The van der Waals surface area contributed by atoms with Crippen LogP contribution in [0.4, 0.5) is 5.69 Å². The first-order chi connectivity index (χ1) is 12.4. The first-order valence-electron chi connectivity index (χ1n) is 9.15. The number of para-hydroxylation sites is 1. The van der Waals surface area contributed by atoms with Crippen LogP contribution >= 0.6 is 11.6 Å². The first kappa shape index (κ1) is 20.7. The maximum Gasteiger partial charge on any atom is 0.241 e. The van der Waals surface area contributed by atoms with Gasteiger partial charge in [0.1, 0.15) is 0 Å². The minimum absolute atomic E-state index is 0.0664. The van der Waals surface area contributed by atoms with E-state index < -0.39 is 0 Å². The van der Waals surface area contributed by atoms with E-state index in [1.807, 2.05) is 19.1 Å². The number of piperazine rings is 1. The number of carbonyl (C=O) groups excluding carboxylic acids is 2. The molecule has 6 nitrogen and oxygen atoms in total. The number of rotatable bonds is 7. The van der Waals surface area contributed by atoms with Crippen LogP contribution in [-0.2, 0) is 9.59 Å². The van der Waals surface area contributed by atoms with Crippen molar-refractivity contribution in [2.24, 2.45) is 5.92 Å². The van der Waals surface area contributed by atoms with E-state index in [0.717, 1.165) is 26.2 Å². The lowest BCUT2D eigenvalue weighted by Crippen LogP contribution is -2.54. The van der Waals surface area contributed by atoms with Gasteiger partial charge in [-0.2, -0.15) is 0 Å². The van der Waals surface area contributed by atoms with Crippen molar-refractivity contribution in [3.8, 4) is 0 Å². The minimum atomic E-state index is -0.247. The van der Waals surface area contributed by atoms with Gasteiger partial charge in [-0.3, -0.25) is 19.4 Å². The molecule has 1 aliphatic heterocycles. The molecule has 7 heteroatoms. The Labute approximate surface area is 160 Å². The van der Waals surface area contributed by atoms with E-state index in [1.165, 1.54) is 0 Å². The van der Waals surface area contributed by atoms with Crippen molar-refractivity contribution in [1.29, 1.82) is 0 Å². The fraction of sp³-hybridized carbons (Fsp3) is 0.579. The van der Waals surface area contributed by atoms with Gasteiger partial charge in [-0.05, 0) is 25.0 Å². The Balaban J connectivity index is 1.77. The molecule has 2 N–H and O–H groups in total. The fourth-order valence-corrected chi connectivity index (χ4v) is 3.03. The van der Waals surface area contributed by atoms with Crippen molar-refractivity contribution < 1.29 is 9.59 Å². The second-order valence-electron chi connectivity index (χ2n) is 7.16. The molecule has 0 spiro atoms. The molecule has 1 saturated heterocycles. The molecule has 0 aliphatic carbocycles. The zero-order chi connectivity index (χ0) is 19.1. The minimum Gasteiger partial charge on any atom is -0.355 e.